The highest BCUT2D eigenvalue weighted by molar-refractivity contribution is 5.83. The molecular formula is C11H14O4. The van der Waals surface area contributed by atoms with Crippen molar-refractivity contribution in [1.29, 1.82) is 0 Å². The van der Waals surface area contributed by atoms with Crippen molar-refractivity contribution >= 4 is 11.8 Å². The smallest absolute Gasteiger partial charge is 0.338 e. The van der Waals surface area contributed by atoms with Crippen LogP contribution in [-0.2, 0) is 19.1 Å². The molecule has 3 rings (SSSR count). The zero-order valence-corrected chi connectivity index (χ0v) is 8.75. The third-order valence-corrected chi connectivity index (χ3v) is 4.01. The molecule has 3 aliphatic rings. The van der Waals surface area contributed by atoms with Crippen LogP contribution in [0.4, 0.5) is 0 Å². The molecule has 0 aromatic carbocycles. The van der Waals surface area contributed by atoms with E-state index in [-0.39, 0.29) is 23.3 Å². The molecule has 0 radical (unpaired) electrons. The van der Waals surface area contributed by atoms with Crippen LogP contribution in [0.3, 0.4) is 0 Å². The summed E-state index contributed by atoms with van der Waals surface area (Å²) in [6.45, 7) is 2.21. The number of esters is 1. The Kier molecular flexibility index (Phi) is 1.63. The lowest BCUT2D eigenvalue weighted by atomic mass is 9.68. The number of cyclic esters (lactones) is 1. The number of ether oxygens (including phenoxy) is 2. The number of hydrogen-bond donors (Lipinski definition) is 0. The van der Waals surface area contributed by atoms with E-state index < -0.39 is 5.60 Å². The predicted molar refractivity (Wildman–Crippen MR) is 50.1 cm³/mol. The van der Waals surface area contributed by atoms with E-state index in [0.717, 1.165) is 12.8 Å². The van der Waals surface area contributed by atoms with E-state index in [4.69, 9.17) is 9.47 Å². The second-order valence-electron chi connectivity index (χ2n) is 5.20. The van der Waals surface area contributed by atoms with Crippen molar-refractivity contribution in [2.75, 3.05) is 6.61 Å². The van der Waals surface area contributed by atoms with Gasteiger partial charge in [-0.25, -0.2) is 4.79 Å². The topological polar surface area (TPSA) is 52.6 Å². The molecule has 1 aliphatic carbocycles. The van der Waals surface area contributed by atoms with Gasteiger partial charge in [0.15, 0.2) is 5.60 Å². The molecule has 4 nitrogen and oxygen atoms in total. The van der Waals surface area contributed by atoms with Crippen molar-refractivity contribution in [2.24, 2.45) is 5.41 Å². The van der Waals surface area contributed by atoms with Crippen LogP contribution in [0.25, 0.3) is 0 Å². The molecule has 82 valence electrons. The van der Waals surface area contributed by atoms with E-state index in [1.165, 1.54) is 0 Å². The Morgan fingerprint density at radius 2 is 2.20 bits per heavy atom. The normalized spacial score (nSPS) is 48.7. The first-order valence-electron chi connectivity index (χ1n) is 5.41. The minimum Gasteiger partial charge on any atom is -0.463 e. The first kappa shape index (κ1) is 9.33. The van der Waals surface area contributed by atoms with Gasteiger partial charge in [-0.15, -0.1) is 0 Å². The summed E-state index contributed by atoms with van der Waals surface area (Å²) in [6.07, 6.45) is 2.48. The van der Waals surface area contributed by atoms with Gasteiger partial charge >= 0.3 is 5.97 Å². The first-order chi connectivity index (χ1) is 7.04. The number of carbonyl (C=O) groups is 2. The predicted octanol–water partition coefficient (Wildman–Crippen LogP) is 0.830. The fourth-order valence-corrected chi connectivity index (χ4v) is 3.17. The summed E-state index contributed by atoms with van der Waals surface area (Å²) in [5.74, 6) is -0.0239. The lowest BCUT2D eigenvalue weighted by Gasteiger charge is -2.38. The van der Waals surface area contributed by atoms with Crippen molar-refractivity contribution in [3.63, 3.8) is 0 Å². The lowest BCUT2D eigenvalue weighted by molar-refractivity contribution is -0.169. The molecule has 3 fully saturated rings. The van der Waals surface area contributed by atoms with Gasteiger partial charge in [-0.1, -0.05) is 0 Å². The molecule has 1 spiro atoms. The van der Waals surface area contributed by atoms with Crippen molar-refractivity contribution < 1.29 is 19.1 Å². The van der Waals surface area contributed by atoms with E-state index in [2.05, 4.69) is 0 Å². The maximum Gasteiger partial charge on any atom is 0.338 e. The molecule has 15 heavy (non-hydrogen) atoms. The van der Waals surface area contributed by atoms with Crippen LogP contribution in [0.1, 0.15) is 32.6 Å². The Bertz CT molecular complexity index is 346. The fourth-order valence-electron chi connectivity index (χ4n) is 3.17. The molecule has 2 bridgehead atoms. The highest BCUT2D eigenvalue weighted by Crippen LogP contribution is 2.54. The first-order valence-corrected chi connectivity index (χ1v) is 5.41. The molecule has 0 aromatic rings. The molecule has 3 atom stereocenters. The monoisotopic (exact) mass is 210 g/mol. The summed E-state index contributed by atoms with van der Waals surface area (Å²) in [7, 11) is 0. The minimum absolute atomic E-state index is 0.0728. The van der Waals surface area contributed by atoms with Crippen LogP contribution in [0.2, 0.25) is 0 Å². The van der Waals surface area contributed by atoms with E-state index in [9.17, 15) is 9.59 Å². The second-order valence-corrected chi connectivity index (χ2v) is 5.20. The summed E-state index contributed by atoms with van der Waals surface area (Å²) >= 11 is 0. The van der Waals surface area contributed by atoms with Gasteiger partial charge in [0, 0.05) is 18.3 Å². The minimum atomic E-state index is -0.798. The van der Waals surface area contributed by atoms with E-state index in [0.29, 0.717) is 19.4 Å². The molecule has 2 aliphatic heterocycles. The zero-order valence-electron chi connectivity index (χ0n) is 8.75. The average molecular weight is 210 g/mol. The third-order valence-electron chi connectivity index (χ3n) is 4.01. The lowest BCUT2D eigenvalue weighted by Crippen LogP contribution is -2.46. The summed E-state index contributed by atoms with van der Waals surface area (Å²) < 4.78 is 10.9. The quantitative estimate of drug-likeness (QED) is 0.556. The van der Waals surface area contributed by atoms with Gasteiger partial charge in [0.1, 0.15) is 5.78 Å². The van der Waals surface area contributed by atoms with Crippen molar-refractivity contribution in [1.82, 2.24) is 0 Å². The Balaban J connectivity index is 1.97. The Morgan fingerprint density at radius 1 is 1.40 bits per heavy atom. The van der Waals surface area contributed by atoms with Crippen molar-refractivity contribution in [2.45, 2.75) is 44.3 Å². The number of hydrogen-bond acceptors (Lipinski definition) is 4. The van der Waals surface area contributed by atoms with Gasteiger partial charge in [0.2, 0.25) is 0 Å². The van der Waals surface area contributed by atoms with Crippen LogP contribution in [-0.4, -0.2) is 30.1 Å². The number of rotatable bonds is 0. The summed E-state index contributed by atoms with van der Waals surface area (Å²) in [6, 6.07) is 0. The van der Waals surface area contributed by atoms with Crippen LogP contribution in [0.15, 0.2) is 0 Å². The van der Waals surface area contributed by atoms with Gasteiger partial charge in [-0.05, 0) is 19.8 Å². The number of fused-ring (bicyclic) bond motifs is 1. The standard InChI is InChI=1S/C11H14O4/c1-10-5-11(6-14-9(10)13)3-2-7(12)4-8(11)15-10/h8H,2-6H2,1H3/t8-,10+,11-/m0/s1. The summed E-state index contributed by atoms with van der Waals surface area (Å²) in [5.41, 5.74) is -0.871. The molecule has 2 saturated heterocycles. The third kappa shape index (κ3) is 1.11. The molecule has 0 N–H and O–H groups in total. The van der Waals surface area contributed by atoms with Crippen LogP contribution in [0.5, 0.6) is 0 Å². The van der Waals surface area contributed by atoms with Crippen LogP contribution in [0, 0.1) is 5.41 Å². The summed E-state index contributed by atoms with van der Waals surface area (Å²) in [5, 5.41) is 0. The highest BCUT2D eigenvalue weighted by atomic mass is 16.6. The van der Waals surface area contributed by atoms with E-state index in [1.807, 2.05) is 0 Å². The average Bonchev–Trinajstić information content (AvgIpc) is 2.43. The Hall–Kier alpha value is -0.900. The van der Waals surface area contributed by atoms with Crippen molar-refractivity contribution in [3.05, 3.63) is 0 Å². The largest absolute Gasteiger partial charge is 0.463 e. The molecule has 0 unspecified atom stereocenters. The van der Waals surface area contributed by atoms with Crippen LogP contribution < -0.4 is 0 Å². The molecule has 0 amide bonds. The van der Waals surface area contributed by atoms with Crippen molar-refractivity contribution in [3.8, 4) is 0 Å². The van der Waals surface area contributed by atoms with Gasteiger partial charge < -0.3 is 9.47 Å². The molecular weight excluding hydrogens is 196 g/mol. The fraction of sp³-hybridized carbons (Fsp3) is 0.818. The second kappa shape index (κ2) is 2.61. The SMILES string of the molecule is C[C@]12C[C@@]3(CCC(=O)C[C@@H]3O1)COC2=O. The maximum absolute atomic E-state index is 11.6. The van der Waals surface area contributed by atoms with Gasteiger partial charge in [0.05, 0.1) is 12.7 Å². The highest BCUT2D eigenvalue weighted by Gasteiger charge is 2.62. The van der Waals surface area contributed by atoms with Gasteiger partial charge in [-0.2, -0.15) is 0 Å². The number of ketones is 1. The molecule has 4 heteroatoms. The molecule has 0 aromatic heterocycles. The Morgan fingerprint density at radius 3 is 3.00 bits per heavy atom. The maximum atomic E-state index is 11.6. The molecule has 2 heterocycles. The summed E-state index contributed by atoms with van der Waals surface area (Å²) in [4.78, 5) is 22.9. The zero-order chi connectivity index (χ0) is 10.7. The number of carbonyl (C=O) groups excluding carboxylic acids is 2. The van der Waals surface area contributed by atoms with E-state index >= 15 is 0 Å². The molecule has 1 saturated carbocycles. The van der Waals surface area contributed by atoms with Gasteiger partial charge in [-0.3, -0.25) is 4.79 Å². The van der Waals surface area contributed by atoms with Crippen LogP contribution >= 0.6 is 0 Å². The van der Waals surface area contributed by atoms with Gasteiger partial charge in [0.25, 0.3) is 0 Å². The Labute approximate surface area is 87.9 Å². The number of Topliss-reactive ketones (excluding diaryl/α,β-unsaturated/α-hetero) is 1. The van der Waals surface area contributed by atoms with E-state index in [1.54, 1.807) is 6.92 Å².